The highest BCUT2D eigenvalue weighted by Crippen LogP contribution is 2.27. The summed E-state index contributed by atoms with van der Waals surface area (Å²) in [5, 5.41) is 0.857. The molecule has 2 heteroatoms. The van der Waals surface area contributed by atoms with Crippen LogP contribution in [0.1, 0.15) is 20.8 Å². The topological polar surface area (TPSA) is 0 Å². The van der Waals surface area contributed by atoms with E-state index in [2.05, 4.69) is 41.2 Å². The molecular weight excluding hydrogens is 103 g/mol. The van der Waals surface area contributed by atoms with E-state index in [4.69, 9.17) is 0 Å². The summed E-state index contributed by atoms with van der Waals surface area (Å²) >= 11 is 4.28. The van der Waals surface area contributed by atoms with E-state index < -0.39 is 0 Å². The minimum atomic E-state index is 0.364. The number of hydrogen-bond acceptors (Lipinski definition) is 1. The van der Waals surface area contributed by atoms with Crippen LogP contribution in [0, 0.1) is 0 Å². The van der Waals surface area contributed by atoms with Crippen LogP contribution in [0.25, 0.3) is 0 Å². The Bertz CT molecular complexity index is 53.6. The monoisotopic (exact) mass is 116 g/mol. The van der Waals surface area contributed by atoms with E-state index >= 15 is 0 Å². The van der Waals surface area contributed by atoms with Crippen molar-refractivity contribution in [2.75, 3.05) is 0 Å². The molecule has 0 spiro atoms. The lowest BCUT2D eigenvalue weighted by molar-refractivity contribution is 0.674. The molecule has 0 saturated carbocycles. The number of thiol groups is 1. The van der Waals surface area contributed by atoms with Crippen molar-refractivity contribution < 1.29 is 0 Å². The van der Waals surface area contributed by atoms with Crippen molar-refractivity contribution in [1.82, 2.24) is 0 Å². The summed E-state index contributed by atoms with van der Waals surface area (Å²) in [5.74, 6) is 0. The zero-order valence-electron chi connectivity index (χ0n) is 5.52. The molecule has 0 heterocycles. The van der Waals surface area contributed by atoms with Gasteiger partial charge in [-0.15, -0.1) is 0 Å². The van der Waals surface area contributed by atoms with Gasteiger partial charge >= 0.3 is 0 Å². The maximum absolute atomic E-state index is 4.28. The molecule has 0 aliphatic rings. The Morgan fingerprint density at radius 3 is 1.71 bits per heavy atom. The van der Waals surface area contributed by atoms with E-state index in [0.29, 0.717) is 10.6 Å². The van der Waals surface area contributed by atoms with Gasteiger partial charge in [0.15, 0.2) is 0 Å². The average molecular weight is 116 g/mol. The minimum absolute atomic E-state index is 0.364. The molecule has 0 fully saturated rings. The lowest BCUT2D eigenvalue weighted by atomic mass is 9.70. The van der Waals surface area contributed by atoms with Crippen LogP contribution in [0.3, 0.4) is 0 Å². The number of hydrogen-bond donors (Lipinski definition) is 1. The van der Waals surface area contributed by atoms with E-state index in [0.717, 1.165) is 0 Å². The van der Waals surface area contributed by atoms with Crippen LogP contribution < -0.4 is 0 Å². The second kappa shape index (κ2) is 2.12. The first-order chi connectivity index (χ1) is 2.94. The standard InChI is InChI=1S/C5H13BS/c1-4(7)5(2,3)6/h4,7H,6H2,1-3H3. The second-order valence-corrected chi connectivity index (χ2v) is 3.82. The van der Waals surface area contributed by atoms with E-state index in [1.807, 2.05) is 0 Å². The van der Waals surface area contributed by atoms with Gasteiger partial charge in [-0.2, -0.15) is 12.6 Å². The van der Waals surface area contributed by atoms with Crippen molar-refractivity contribution in [3.05, 3.63) is 0 Å². The van der Waals surface area contributed by atoms with Crippen molar-refractivity contribution in [2.24, 2.45) is 0 Å². The molecule has 0 aromatic carbocycles. The quantitative estimate of drug-likeness (QED) is 0.385. The van der Waals surface area contributed by atoms with Gasteiger partial charge in [-0.1, -0.05) is 26.1 Å². The molecule has 42 valence electrons. The Hall–Kier alpha value is 0.415. The first-order valence-electron chi connectivity index (χ1n) is 2.62. The Labute approximate surface area is 52.5 Å². The summed E-state index contributed by atoms with van der Waals surface area (Å²) in [5.41, 5.74) is 0. The van der Waals surface area contributed by atoms with Crippen LogP contribution in [-0.2, 0) is 0 Å². The highest BCUT2D eigenvalue weighted by molar-refractivity contribution is 7.81. The molecule has 0 nitrogen and oxygen atoms in total. The third-order valence-corrected chi connectivity index (χ3v) is 2.03. The van der Waals surface area contributed by atoms with Crippen molar-refractivity contribution in [2.45, 2.75) is 31.3 Å². The highest BCUT2D eigenvalue weighted by atomic mass is 32.1. The van der Waals surface area contributed by atoms with Crippen LogP contribution in [0.4, 0.5) is 0 Å². The van der Waals surface area contributed by atoms with Gasteiger partial charge in [0.1, 0.15) is 7.85 Å². The van der Waals surface area contributed by atoms with Crippen LogP contribution in [-0.4, -0.2) is 13.1 Å². The van der Waals surface area contributed by atoms with Crippen molar-refractivity contribution in [3.63, 3.8) is 0 Å². The summed E-state index contributed by atoms with van der Waals surface area (Å²) < 4.78 is 0. The molecule has 0 radical (unpaired) electrons. The van der Waals surface area contributed by atoms with Gasteiger partial charge in [-0.3, -0.25) is 0 Å². The fourth-order valence-electron chi connectivity index (χ4n) is 0. The molecule has 0 aliphatic heterocycles. The minimum Gasteiger partial charge on any atom is -0.176 e. The maximum Gasteiger partial charge on any atom is 0.110 e. The fourth-order valence-corrected chi connectivity index (χ4v) is 0. The summed E-state index contributed by atoms with van der Waals surface area (Å²) in [6.45, 7) is 6.48. The molecule has 1 atom stereocenters. The average Bonchev–Trinajstić information content (AvgIpc) is 1.31. The van der Waals surface area contributed by atoms with E-state index in [9.17, 15) is 0 Å². The molecule has 0 aliphatic carbocycles. The largest absolute Gasteiger partial charge is 0.176 e. The van der Waals surface area contributed by atoms with Gasteiger partial charge in [0.2, 0.25) is 0 Å². The van der Waals surface area contributed by atoms with Crippen molar-refractivity contribution in [3.8, 4) is 0 Å². The predicted molar refractivity (Wildman–Crippen MR) is 41.0 cm³/mol. The number of rotatable bonds is 1. The zero-order valence-corrected chi connectivity index (χ0v) is 6.42. The van der Waals surface area contributed by atoms with Gasteiger partial charge in [0.05, 0.1) is 0 Å². The van der Waals surface area contributed by atoms with Gasteiger partial charge in [-0.25, -0.2) is 0 Å². The smallest absolute Gasteiger partial charge is 0.110 e. The molecule has 0 rings (SSSR count). The molecule has 0 amide bonds. The van der Waals surface area contributed by atoms with Crippen molar-refractivity contribution >= 4 is 20.5 Å². The third-order valence-electron chi connectivity index (χ3n) is 1.25. The maximum atomic E-state index is 4.28. The fraction of sp³-hybridized carbons (Fsp3) is 1.00. The van der Waals surface area contributed by atoms with Crippen LogP contribution >= 0.6 is 12.6 Å². The SMILES string of the molecule is BC(C)(C)C(C)S. The predicted octanol–water partition coefficient (Wildman–Crippen LogP) is 1.14. The lowest BCUT2D eigenvalue weighted by Gasteiger charge is -2.21. The zero-order chi connectivity index (χ0) is 6.08. The normalized spacial score (nSPS) is 16.6. The molecule has 7 heavy (non-hydrogen) atoms. The van der Waals surface area contributed by atoms with Crippen LogP contribution in [0.2, 0.25) is 5.31 Å². The lowest BCUT2D eigenvalue weighted by Crippen LogP contribution is -2.13. The Balaban J connectivity index is 3.54. The molecule has 0 aromatic heterocycles. The molecule has 0 aromatic rings. The first kappa shape index (κ1) is 7.41. The van der Waals surface area contributed by atoms with Gasteiger partial charge < -0.3 is 0 Å². The molecule has 0 N–H and O–H groups in total. The molecule has 0 bridgehead atoms. The van der Waals surface area contributed by atoms with E-state index in [1.54, 1.807) is 0 Å². The Kier molecular flexibility index (Phi) is 2.25. The van der Waals surface area contributed by atoms with Gasteiger partial charge in [0.25, 0.3) is 0 Å². The third kappa shape index (κ3) is 3.04. The van der Waals surface area contributed by atoms with E-state index in [-0.39, 0.29) is 0 Å². The van der Waals surface area contributed by atoms with Gasteiger partial charge in [0, 0.05) is 0 Å². The van der Waals surface area contributed by atoms with Crippen molar-refractivity contribution in [1.29, 1.82) is 0 Å². The summed E-state index contributed by atoms with van der Waals surface area (Å²) in [4.78, 5) is 0. The van der Waals surface area contributed by atoms with E-state index in [1.165, 1.54) is 0 Å². The molecular formula is C5H13BS. The highest BCUT2D eigenvalue weighted by Gasteiger charge is 2.14. The van der Waals surface area contributed by atoms with Crippen LogP contribution in [0.5, 0.6) is 0 Å². The second-order valence-electron chi connectivity index (χ2n) is 3.04. The summed E-state index contributed by atoms with van der Waals surface area (Å²) in [6.07, 6.45) is 0. The Morgan fingerprint density at radius 1 is 1.57 bits per heavy atom. The Morgan fingerprint density at radius 2 is 1.71 bits per heavy atom. The summed E-state index contributed by atoms with van der Waals surface area (Å²) in [7, 11) is 2.19. The first-order valence-corrected chi connectivity index (χ1v) is 3.14. The van der Waals surface area contributed by atoms with Gasteiger partial charge in [-0.05, 0) is 5.25 Å². The molecule has 0 saturated heterocycles. The summed E-state index contributed by atoms with van der Waals surface area (Å²) in [6, 6.07) is 0. The van der Waals surface area contributed by atoms with Crippen LogP contribution in [0.15, 0.2) is 0 Å². The molecule has 1 unspecified atom stereocenters.